The molecule has 0 bridgehead atoms. The van der Waals surface area contributed by atoms with Crippen molar-refractivity contribution in [3.8, 4) is 0 Å². The van der Waals surface area contributed by atoms with Gasteiger partial charge in [-0.05, 0) is 81.0 Å². The van der Waals surface area contributed by atoms with E-state index in [4.69, 9.17) is 0 Å². The van der Waals surface area contributed by atoms with Gasteiger partial charge in [0.25, 0.3) is 5.91 Å². The normalized spacial score (nSPS) is 16.7. The smallest absolute Gasteiger partial charge is 0.279 e. The maximum Gasteiger partial charge on any atom is 0.279 e. The van der Waals surface area contributed by atoms with Crippen LogP contribution in [0.25, 0.3) is 10.2 Å². The van der Waals surface area contributed by atoms with Gasteiger partial charge in [0.1, 0.15) is 0 Å². The third-order valence-electron chi connectivity index (χ3n) is 6.11. The van der Waals surface area contributed by atoms with Gasteiger partial charge in [0.15, 0.2) is 4.80 Å². The van der Waals surface area contributed by atoms with Crippen molar-refractivity contribution in [3.63, 3.8) is 0 Å². The Labute approximate surface area is 193 Å². The second-order valence-electron chi connectivity index (χ2n) is 8.59. The predicted molar refractivity (Wildman–Crippen MR) is 128 cm³/mol. The van der Waals surface area contributed by atoms with Crippen LogP contribution in [0.1, 0.15) is 48.2 Å². The monoisotopic (exact) mass is 471 g/mol. The van der Waals surface area contributed by atoms with Crippen LogP contribution in [0.2, 0.25) is 0 Å². The van der Waals surface area contributed by atoms with Crippen LogP contribution >= 0.6 is 11.3 Å². The fraction of sp³-hybridized carbons (Fsp3) is 0.417. The van der Waals surface area contributed by atoms with E-state index < -0.39 is 10.0 Å². The molecule has 170 valence electrons. The zero-order valence-electron chi connectivity index (χ0n) is 19.0. The van der Waals surface area contributed by atoms with Gasteiger partial charge in [-0.1, -0.05) is 24.3 Å². The molecule has 8 heteroatoms. The molecular formula is C24H29N3O3S2. The van der Waals surface area contributed by atoms with Crippen molar-refractivity contribution in [3.05, 3.63) is 57.9 Å². The van der Waals surface area contributed by atoms with Gasteiger partial charge in [0.2, 0.25) is 10.0 Å². The molecule has 2 aromatic carbocycles. The minimum atomic E-state index is -3.53. The molecule has 0 spiro atoms. The van der Waals surface area contributed by atoms with E-state index in [1.165, 1.54) is 29.0 Å². The first kappa shape index (κ1) is 22.9. The summed E-state index contributed by atoms with van der Waals surface area (Å²) in [7, 11) is -3.53. The summed E-state index contributed by atoms with van der Waals surface area (Å²) < 4.78 is 30.6. The number of fused-ring (bicyclic) bond motifs is 1. The molecule has 1 aliphatic heterocycles. The lowest BCUT2D eigenvalue weighted by molar-refractivity contribution is 0.0997. The number of aromatic nitrogens is 1. The number of hydrogen-bond acceptors (Lipinski definition) is 4. The molecule has 1 aliphatic rings. The Morgan fingerprint density at radius 3 is 2.41 bits per heavy atom. The first-order valence-electron chi connectivity index (χ1n) is 11.0. The molecule has 4 rings (SSSR count). The van der Waals surface area contributed by atoms with E-state index >= 15 is 0 Å². The van der Waals surface area contributed by atoms with Gasteiger partial charge in [-0.15, -0.1) is 0 Å². The van der Waals surface area contributed by atoms with Crippen molar-refractivity contribution < 1.29 is 13.2 Å². The maximum absolute atomic E-state index is 12.9. The SMILES string of the molecule is CCn1c(=NC(=O)c2ccc(S(=O)(=O)N3CCC(C)CC3)cc2)sc2cc(C)cc(C)c21. The van der Waals surface area contributed by atoms with Gasteiger partial charge in [-0.3, -0.25) is 4.79 Å². The largest absolute Gasteiger partial charge is 0.316 e. The van der Waals surface area contributed by atoms with Crippen LogP contribution in [0.5, 0.6) is 0 Å². The van der Waals surface area contributed by atoms with Crippen LogP contribution in [0, 0.1) is 19.8 Å². The van der Waals surface area contributed by atoms with Crippen LogP contribution in [0.4, 0.5) is 0 Å². The number of sulfonamides is 1. The molecule has 0 atom stereocenters. The highest BCUT2D eigenvalue weighted by molar-refractivity contribution is 7.89. The summed E-state index contributed by atoms with van der Waals surface area (Å²) in [5.74, 6) is 0.180. The highest BCUT2D eigenvalue weighted by atomic mass is 32.2. The first-order chi connectivity index (χ1) is 15.2. The second kappa shape index (κ2) is 8.92. The Kier molecular flexibility index (Phi) is 6.38. The third-order valence-corrected chi connectivity index (χ3v) is 9.05. The highest BCUT2D eigenvalue weighted by Gasteiger charge is 2.28. The molecular weight excluding hydrogens is 442 g/mol. The molecule has 0 saturated carbocycles. The first-order valence-corrected chi connectivity index (χ1v) is 13.3. The average Bonchev–Trinajstić information content (AvgIpc) is 3.11. The van der Waals surface area contributed by atoms with E-state index in [1.807, 2.05) is 6.92 Å². The van der Waals surface area contributed by atoms with E-state index in [9.17, 15) is 13.2 Å². The second-order valence-corrected chi connectivity index (χ2v) is 11.5. The minimum absolute atomic E-state index is 0.222. The molecule has 1 aromatic heterocycles. The standard InChI is InChI=1S/C24H29N3O3S2/c1-5-27-22-18(4)14-17(3)15-21(22)31-24(27)25-23(28)19-6-8-20(9-7-19)32(29,30)26-12-10-16(2)11-13-26/h6-9,14-16H,5,10-13H2,1-4H3. The van der Waals surface area contributed by atoms with E-state index in [-0.39, 0.29) is 10.8 Å². The van der Waals surface area contributed by atoms with Crippen LogP contribution in [-0.4, -0.2) is 36.3 Å². The molecule has 0 radical (unpaired) electrons. The lowest BCUT2D eigenvalue weighted by atomic mass is 10.0. The van der Waals surface area contributed by atoms with Crippen LogP contribution in [-0.2, 0) is 16.6 Å². The molecule has 2 heterocycles. The molecule has 0 aliphatic carbocycles. The Balaban J connectivity index is 1.64. The Morgan fingerprint density at radius 2 is 1.78 bits per heavy atom. The number of carbonyl (C=O) groups is 1. The van der Waals surface area contributed by atoms with Gasteiger partial charge in [-0.25, -0.2) is 8.42 Å². The number of amides is 1. The fourth-order valence-electron chi connectivity index (χ4n) is 4.27. The number of thiazole rings is 1. The molecule has 0 N–H and O–H groups in total. The van der Waals surface area contributed by atoms with Gasteiger partial charge in [-0.2, -0.15) is 9.30 Å². The van der Waals surface area contributed by atoms with Crippen molar-refractivity contribution in [1.29, 1.82) is 0 Å². The molecule has 1 amide bonds. The zero-order valence-corrected chi connectivity index (χ0v) is 20.6. The lowest BCUT2D eigenvalue weighted by Gasteiger charge is -2.29. The summed E-state index contributed by atoms with van der Waals surface area (Å²) >= 11 is 1.50. The zero-order chi connectivity index (χ0) is 23.0. The highest BCUT2D eigenvalue weighted by Crippen LogP contribution is 2.25. The van der Waals surface area contributed by atoms with Crippen molar-refractivity contribution in [1.82, 2.24) is 8.87 Å². The van der Waals surface area contributed by atoms with Gasteiger partial charge in [0, 0.05) is 25.2 Å². The van der Waals surface area contributed by atoms with Gasteiger partial charge < -0.3 is 4.57 Å². The lowest BCUT2D eigenvalue weighted by Crippen LogP contribution is -2.37. The van der Waals surface area contributed by atoms with Crippen LogP contribution < -0.4 is 4.80 Å². The van der Waals surface area contributed by atoms with Crippen molar-refractivity contribution >= 4 is 37.5 Å². The molecule has 1 fully saturated rings. The summed E-state index contributed by atoms with van der Waals surface area (Å²) in [5.41, 5.74) is 3.82. The Morgan fingerprint density at radius 1 is 1.12 bits per heavy atom. The number of rotatable bonds is 4. The van der Waals surface area contributed by atoms with E-state index in [1.54, 1.807) is 16.4 Å². The number of piperidine rings is 1. The molecule has 3 aromatic rings. The average molecular weight is 472 g/mol. The van der Waals surface area contributed by atoms with Gasteiger partial charge in [0.05, 0.1) is 15.1 Å². The summed E-state index contributed by atoms with van der Waals surface area (Å²) in [4.78, 5) is 18.1. The summed E-state index contributed by atoms with van der Waals surface area (Å²) in [6, 6.07) is 10.4. The number of benzene rings is 2. The molecule has 6 nitrogen and oxygen atoms in total. The maximum atomic E-state index is 12.9. The number of nitrogens with zero attached hydrogens (tertiary/aromatic N) is 3. The van der Waals surface area contributed by atoms with Crippen molar-refractivity contribution in [2.24, 2.45) is 10.9 Å². The van der Waals surface area contributed by atoms with Crippen molar-refractivity contribution in [2.45, 2.75) is 52.0 Å². The number of carbonyl (C=O) groups excluding carboxylic acids is 1. The van der Waals surface area contributed by atoms with Gasteiger partial charge >= 0.3 is 0 Å². The Hall–Kier alpha value is -2.29. The predicted octanol–water partition coefficient (Wildman–Crippen LogP) is 4.50. The third kappa shape index (κ3) is 4.31. The molecule has 1 saturated heterocycles. The fourth-order valence-corrected chi connectivity index (χ4v) is 7.00. The molecule has 0 unspecified atom stereocenters. The number of hydrogen-bond donors (Lipinski definition) is 0. The Bertz CT molecular complexity index is 1330. The summed E-state index contributed by atoms with van der Waals surface area (Å²) in [6.07, 6.45) is 1.75. The minimum Gasteiger partial charge on any atom is -0.316 e. The summed E-state index contributed by atoms with van der Waals surface area (Å²) in [5, 5.41) is 0. The van der Waals surface area contributed by atoms with Crippen LogP contribution in [0.3, 0.4) is 0 Å². The van der Waals surface area contributed by atoms with E-state index in [2.05, 4.69) is 42.5 Å². The van der Waals surface area contributed by atoms with Crippen LogP contribution in [0.15, 0.2) is 46.3 Å². The molecule has 32 heavy (non-hydrogen) atoms. The quantitative estimate of drug-likeness (QED) is 0.562. The van der Waals surface area contributed by atoms with E-state index in [0.29, 0.717) is 35.9 Å². The topological polar surface area (TPSA) is 71.7 Å². The summed E-state index contributed by atoms with van der Waals surface area (Å²) in [6.45, 7) is 10.1. The number of aryl methyl sites for hydroxylation is 3. The van der Waals surface area contributed by atoms with Crippen molar-refractivity contribution in [2.75, 3.05) is 13.1 Å². The van der Waals surface area contributed by atoms with E-state index in [0.717, 1.165) is 28.6 Å².